The van der Waals surface area contributed by atoms with Gasteiger partial charge >= 0.3 is 0 Å². The molecule has 0 aliphatic heterocycles. The van der Waals surface area contributed by atoms with E-state index in [0.29, 0.717) is 34.3 Å². The van der Waals surface area contributed by atoms with Gasteiger partial charge in [0.05, 0.1) is 36.7 Å². The summed E-state index contributed by atoms with van der Waals surface area (Å²) in [5, 5.41) is 19.4. The number of rotatable bonds is 6. The fourth-order valence-electron chi connectivity index (χ4n) is 2.50. The van der Waals surface area contributed by atoms with Gasteiger partial charge in [-0.1, -0.05) is 48.2 Å². The van der Waals surface area contributed by atoms with Crippen LogP contribution >= 0.6 is 11.8 Å². The SMILES string of the molecule is N#Cc1ccccc1CSc1ncc(CO)n1Cc1ccccc1F. The summed E-state index contributed by atoms with van der Waals surface area (Å²) in [6, 6.07) is 16.1. The second kappa shape index (κ2) is 7.97. The van der Waals surface area contributed by atoms with Crippen molar-refractivity contribution < 1.29 is 9.50 Å². The Morgan fingerprint density at radius 3 is 2.56 bits per heavy atom. The zero-order valence-corrected chi connectivity index (χ0v) is 14.2. The van der Waals surface area contributed by atoms with Crippen molar-refractivity contribution >= 4 is 11.8 Å². The van der Waals surface area contributed by atoms with Crippen LogP contribution in [0.4, 0.5) is 4.39 Å². The molecule has 0 atom stereocenters. The summed E-state index contributed by atoms with van der Waals surface area (Å²) in [7, 11) is 0. The third-order valence-electron chi connectivity index (χ3n) is 3.84. The normalized spacial score (nSPS) is 10.6. The highest BCUT2D eigenvalue weighted by molar-refractivity contribution is 7.98. The maximum Gasteiger partial charge on any atom is 0.168 e. The molecule has 0 saturated carbocycles. The summed E-state index contributed by atoms with van der Waals surface area (Å²) in [5.74, 6) is 0.286. The predicted octanol–water partition coefficient (Wildman–Crippen LogP) is 3.73. The predicted molar refractivity (Wildman–Crippen MR) is 94.4 cm³/mol. The first-order chi connectivity index (χ1) is 12.2. The lowest BCUT2D eigenvalue weighted by atomic mass is 10.1. The Hall–Kier alpha value is -2.62. The van der Waals surface area contributed by atoms with Gasteiger partial charge in [0.15, 0.2) is 5.16 Å². The molecule has 1 N–H and O–H groups in total. The van der Waals surface area contributed by atoms with Gasteiger partial charge in [-0.25, -0.2) is 9.37 Å². The number of imidazole rings is 1. The van der Waals surface area contributed by atoms with Crippen LogP contribution in [0.3, 0.4) is 0 Å². The molecule has 0 amide bonds. The molecule has 1 heterocycles. The van der Waals surface area contributed by atoms with Crippen molar-refractivity contribution in [2.45, 2.75) is 24.1 Å². The van der Waals surface area contributed by atoms with Gasteiger partial charge in [0.25, 0.3) is 0 Å². The van der Waals surface area contributed by atoms with Crippen molar-refractivity contribution in [2.24, 2.45) is 0 Å². The number of halogens is 1. The second-order valence-electron chi connectivity index (χ2n) is 5.43. The molecule has 0 bridgehead atoms. The minimum Gasteiger partial charge on any atom is -0.390 e. The first-order valence-electron chi connectivity index (χ1n) is 7.72. The van der Waals surface area contributed by atoms with Crippen LogP contribution in [0.1, 0.15) is 22.4 Å². The van der Waals surface area contributed by atoms with Crippen molar-refractivity contribution in [3.63, 3.8) is 0 Å². The number of nitrogens with zero attached hydrogens (tertiary/aromatic N) is 3. The molecule has 0 spiro atoms. The van der Waals surface area contributed by atoms with E-state index < -0.39 is 0 Å². The van der Waals surface area contributed by atoms with Gasteiger partial charge in [0.1, 0.15) is 5.82 Å². The highest BCUT2D eigenvalue weighted by Gasteiger charge is 2.13. The minimum atomic E-state index is -0.286. The van der Waals surface area contributed by atoms with E-state index in [1.807, 2.05) is 18.2 Å². The first kappa shape index (κ1) is 17.2. The zero-order valence-electron chi connectivity index (χ0n) is 13.4. The van der Waals surface area contributed by atoms with Gasteiger partial charge in [0, 0.05) is 11.3 Å². The van der Waals surface area contributed by atoms with Crippen molar-refractivity contribution in [3.05, 3.63) is 82.9 Å². The van der Waals surface area contributed by atoms with Crippen LogP contribution in [0.2, 0.25) is 0 Å². The first-order valence-corrected chi connectivity index (χ1v) is 8.71. The summed E-state index contributed by atoms with van der Waals surface area (Å²) >= 11 is 1.46. The highest BCUT2D eigenvalue weighted by atomic mass is 32.2. The quantitative estimate of drug-likeness (QED) is 0.686. The molecule has 6 heteroatoms. The molecular weight excluding hydrogens is 337 g/mol. The van der Waals surface area contributed by atoms with Crippen LogP contribution < -0.4 is 0 Å². The maximum absolute atomic E-state index is 14.0. The van der Waals surface area contributed by atoms with Crippen LogP contribution in [0, 0.1) is 17.1 Å². The standard InChI is InChI=1S/C19H16FN3OS/c20-18-8-4-3-6-15(18)11-23-17(12-24)10-22-19(23)25-13-16-7-2-1-5-14(16)9-21/h1-8,10,24H,11-13H2. The van der Waals surface area contributed by atoms with Gasteiger partial charge < -0.3 is 9.67 Å². The zero-order chi connectivity index (χ0) is 17.6. The molecule has 0 unspecified atom stereocenters. The lowest BCUT2D eigenvalue weighted by Crippen LogP contribution is -2.07. The van der Waals surface area contributed by atoms with E-state index in [0.717, 1.165) is 5.56 Å². The summed E-state index contributed by atoms with van der Waals surface area (Å²) in [4.78, 5) is 4.34. The van der Waals surface area contributed by atoms with E-state index in [1.54, 1.807) is 35.0 Å². The van der Waals surface area contributed by atoms with E-state index in [2.05, 4.69) is 11.1 Å². The van der Waals surface area contributed by atoms with E-state index in [9.17, 15) is 14.8 Å². The van der Waals surface area contributed by atoms with Crippen molar-refractivity contribution in [1.29, 1.82) is 5.26 Å². The Labute approximate surface area is 149 Å². The molecule has 25 heavy (non-hydrogen) atoms. The number of thioether (sulfide) groups is 1. The summed E-state index contributed by atoms with van der Waals surface area (Å²) in [6.07, 6.45) is 1.60. The van der Waals surface area contributed by atoms with E-state index in [4.69, 9.17) is 0 Å². The fraction of sp³-hybridized carbons (Fsp3) is 0.158. The molecular formula is C19H16FN3OS. The average Bonchev–Trinajstić information content (AvgIpc) is 3.03. The van der Waals surface area contributed by atoms with E-state index in [1.165, 1.54) is 17.8 Å². The topological polar surface area (TPSA) is 61.8 Å². The molecule has 0 fully saturated rings. The maximum atomic E-state index is 14.0. The Kier molecular flexibility index (Phi) is 5.49. The summed E-state index contributed by atoms with van der Waals surface area (Å²) in [6.45, 7) is 0.127. The van der Waals surface area contributed by atoms with Crippen molar-refractivity contribution in [2.75, 3.05) is 0 Å². The van der Waals surface area contributed by atoms with E-state index >= 15 is 0 Å². The molecule has 0 aliphatic rings. The summed E-state index contributed by atoms with van der Waals surface area (Å²) in [5.41, 5.74) is 2.71. The Balaban J connectivity index is 1.84. The Morgan fingerprint density at radius 1 is 1.12 bits per heavy atom. The lowest BCUT2D eigenvalue weighted by molar-refractivity contribution is 0.270. The van der Waals surface area contributed by atoms with Crippen LogP contribution in [0.25, 0.3) is 0 Å². The number of aliphatic hydroxyl groups excluding tert-OH is 1. The van der Waals surface area contributed by atoms with Crippen molar-refractivity contribution in [3.8, 4) is 6.07 Å². The molecule has 0 saturated heterocycles. The third kappa shape index (κ3) is 3.90. The van der Waals surface area contributed by atoms with Crippen LogP contribution in [-0.2, 0) is 18.9 Å². The smallest absolute Gasteiger partial charge is 0.168 e. The minimum absolute atomic E-state index is 0.170. The highest BCUT2D eigenvalue weighted by Crippen LogP contribution is 2.26. The number of hydrogen-bond donors (Lipinski definition) is 1. The molecule has 1 aromatic heterocycles. The Morgan fingerprint density at radius 2 is 1.84 bits per heavy atom. The fourth-order valence-corrected chi connectivity index (χ4v) is 3.50. The lowest BCUT2D eigenvalue weighted by Gasteiger charge is -2.12. The number of aromatic nitrogens is 2. The third-order valence-corrected chi connectivity index (χ3v) is 4.88. The molecule has 3 rings (SSSR count). The molecule has 126 valence electrons. The van der Waals surface area contributed by atoms with Gasteiger partial charge in [-0.3, -0.25) is 0 Å². The van der Waals surface area contributed by atoms with Gasteiger partial charge in [-0.05, 0) is 17.7 Å². The van der Waals surface area contributed by atoms with E-state index in [-0.39, 0.29) is 12.4 Å². The van der Waals surface area contributed by atoms with Crippen LogP contribution in [0.5, 0.6) is 0 Å². The average molecular weight is 353 g/mol. The number of hydrogen-bond acceptors (Lipinski definition) is 4. The van der Waals surface area contributed by atoms with Gasteiger partial charge in [-0.15, -0.1) is 0 Å². The molecule has 0 aliphatic carbocycles. The number of nitriles is 1. The second-order valence-corrected chi connectivity index (χ2v) is 6.37. The molecule has 3 aromatic rings. The molecule has 4 nitrogen and oxygen atoms in total. The summed E-state index contributed by atoms with van der Waals surface area (Å²) < 4.78 is 15.8. The number of aliphatic hydroxyl groups is 1. The Bertz CT molecular complexity index is 917. The monoisotopic (exact) mass is 353 g/mol. The molecule has 2 aromatic carbocycles. The van der Waals surface area contributed by atoms with Crippen molar-refractivity contribution in [1.82, 2.24) is 9.55 Å². The largest absolute Gasteiger partial charge is 0.390 e. The molecule has 0 radical (unpaired) electrons. The van der Waals surface area contributed by atoms with Gasteiger partial charge in [0.2, 0.25) is 0 Å². The van der Waals surface area contributed by atoms with Crippen LogP contribution in [0.15, 0.2) is 59.9 Å². The van der Waals surface area contributed by atoms with Crippen LogP contribution in [-0.4, -0.2) is 14.7 Å². The number of benzene rings is 2. The van der Waals surface area contributed by atoms with Gasteiger partial charge in [-0.2, -0.15) is 5.26 Å².